The van der Waals surface area contributed by atoms with E-state index in [1.165, 1.54) is 104 Å². The number of aryl methyl sites for hydroxylation is 1. The summed E-state index contributed by atoms with van der Waals surface area (Å²) in [5.74, 6) is 0. The maximum Gasteiger partial charge on any atom is 0.254 e. The van der Waals surface area contributed by atoms with E-state index in [1.807, 2.05) is 11.3 Å². The van der Waals surface area contributed by atoms with Gasteiger partial charge in [-0.1, -0.05) is 171 Å². The Bertz CT molecular complexity index is 2910. The monoisotopic (exact) mass is 847 g/mol. The van der Waals surface area contributed by atoms with Crippen molar-refractivity contribution in [3.63, 3.8) is 0 Å². The summed E-state index contributed by atoms with van der Waals surface area (Å²) >= 11 is 1.96. The Morgan fingerprint density at radius 2 is 0.873 bits per heavy atom. The Kier molecular flexibility index (Phi) is 9.93. The second-order valence-corrected chi connectivity index (χ2v) is 24.8. The number of benzene rings is 6. The summed E-state index contributed by atoms with van der Waals surface area (Å²) in [4.78, 5) is 5.24. The lowest BCUT2D eigenvalue weighted by atomic mass is 9.33. The van der Waals surface area contributed by atoms with Crippen LogP contribution >= 0.6 is 11.3 Å². The minimum Gasteiger partial charge on any atom is -0.311 e. The van der Waals surface area contributed by atoms with E-state index in [9.17, 15) is 0 Å². The highest BCUT2D eigenvalue weighted by atomic mass is 32.1. The van der Waals surface area contributed by atoms with Crippen molar-refractivity contribution in [2.75, 3.05) is 9.80 Å². The highest BCUT2D eigenvalue weighted by molar-refractivity contribution is 7.26. The number of hydrogen-bond donors (Lipinski definition) is 0. The zero-order valence-corrected chi connectivity index (χ0v) is 41.7. The van der Waals surface area contributed by atoms with Gasteiger partial charge in [-0.15, -0.1) is 11.3 Å². The molecule has 1 aromatic heterocycles. The SMILES string of the molecule is Cc1cc2c3c(c1)N(c1ccc(C(C)(C)C)cc1-c1ccc(C(C)(C)C)cc1)c1sc4ccc(C(C)(C)C)cc4c1B3c1cc(C(C)(C)C)ccc1N2c1ccc(C(C)(C)C)cc1. The van der Waals surface area contributed by atoms with Gasteiger partial charge in [0, 0.05) is 33.0 Å². The lowest BCUT2D eigenvalue weighted by Gasteiger charge is -2.44. The summed E-state index contributed by atoms with van der Waals surface area (Å²) in [7, 11) is 0. The third-order valence-electron chi connectivity index (χ3n) is 13.7. The van der Waals surface area contributed by atoms with Crippen LogP contribution in [-0.4, -0.2) is 6.71 Å². The number of fused-ring (bicyclic) bond motifs is 6. The lowest BCUT2D eigenvalue weighted by molar-refractivity contribution is 0.590. The average Bonchev–Trinajstić information content (AvgIpc) is 3.57. The van der Waals surface area contributed by atoms with E-state index in [0.29, 0.717) is 0 Å². The van der Waals surface area contributed by atoms with E-state index in [2.05, 4.69) is 236 Å². The van der Waals surface area contributed by atoms with Gasteiger partial charge < -0.3 is 9.80 Å². The third kappa shape index (κ3) is 7.45. The molecule has 0 aliphatic carbocycles. The molecular formula is C59H67BN2S. The van der Waals surface area contributed by atoms with Crippen LogP contribution in [0.25, 0.3) is 21.2 Å². The smallest absolute Gasteiger partial charge is 0.254 e. The quantitative estimate of drug-likeness (QED) is 0.163. The first kappa shape index (κ1) is 43.2. The highest BCUT2D eigenvalue weighted by Crippen LogP contribution is 2.51. The van der Waals surface area contributed by atoms with Crippen molar-refractivity contribution in [2.24, 2.45) is 0 Å². The van der Waals surface area contributed by atoms with Gasteiger partial charge in [0.2, 0.25) is 0 Å². The molecule has 0 saturated carbocycles. The van der Waals surface area contributed by atoms with Crippen molar-refractivity contribution < 1.29 is 0 Å². The minimum absolute atomic E-state index is 0.00656. The number of anilines is 6. The minimum atomic E-state index is -0.0174. The van der Waals surface area contributed by atoms with Crippen LogP contribution in [0.3, 0.4) is 0 Å². The molecule has 0 fully saturated rings. The van der Waals surface area contributed by atoms with E-state index < -0.39 is 0 Å². The summed E-state index contributed by atoms with van der Waals surface area (Å²) in [6, 6.07) is 45.7. The van der Waals surface area contributed by atoms with Crippen LogP contribution in [-0.2, 0) is 27.1 Å². The first-order valence-electron chi connectivity index (χ1n) is 23.1. The molecule has 0 saturated heterocycles. The van der Waals surface area contributed by atoms with E-state index in [0.717, 1.165) is 0 Å². The van der Waals surface area contributed by atoms with Crippen LogP contribution in [0.5, 0.6) is 0 Å². The molecular weight excluding hydrogens is 780 g/mol. The van der Waals surface area contributed by atoms with Gasteiger partial charge in [0.15, 0.2) is 0 Å². The van der Waals surface area contributed by atoms with Gasteiger partial charge in [-0.2, -0.15) is 0 Å². The molecule has 6 aromatic carbocycles. The molecule has 2 aliphatic rings. The Balaban J connectivity index is 1.41. The van der Waals surface area contributed by atoms with E-state index in [4.69, 9.17) is 0 Å². The molecule has 322 valence electrons. The maximum atomic E-state index is 2.66. The molecule has 2 aliphatic heterocycles. The molecule has 0 amide bonds. The van der Waals surface area contributed by atoms with Gasteiger partial charge in [0.1, 0.15) is 0 Å². The third-order valence-corrected chi connectivity index (χ3v) is 14.9. The van der Waals surface area contributed by atoms with Gasteiger partial charge in [0.25, 0.3) is 6.71 Å². The maximum absolute atomic E-state index is 2.66. The van der Waals surface area contributed by atoms with Crippen molar-refractivity contribution >= 4 is 78.0 Å². The van der Waals surface area contributed by atoms with Crippen LogP contribution in [0.2, 0.25) is 0 Å². The molecule has 9 rings (SSSR count). The van der Waals surface area contributed by atoms with E-state index >= 15 is 0 Å². The molecule has 0 bridgehead atoms. The fourth-order valence-electron chi connectivity index (χ4n) is 9.80. The zero-order chi connectivity index (χ0) is 45.3. The second-order valence-electron chi connectivity index (χ2n) is 23.7. The summed E-state index contributed by atoms with van der Waals surface area (Å²) in [6.45, 7) is 37.2. The van der Waals surface area contributed by atoms with Gasteiger partial charge >= 0.3 is 0 Å². The Morgan fingerprint density at radius 1 is 0.413 bits per heavy atom. The van der Waals surface area contributed by atoms with Crippen molar-refractivity contribution in [3.8, 4) is 11.1 Å². The van der Waals surface area contributed by atoms with Crippen LogP contribution in [0.15, 0.2) is 115 Å². The lowest BCUT2D eigenvalue weighted by Crippen LogP contribution is -2.61. The Hall–Kier alpha value is -5.06. The molecule has 0 spiro atoms. The number of nitrogens with zero attached hydrogens (tertiary/aromatic N) is 2. The first-order valence-corrected chi connectivity index (χ1v) is 23.9. The van der Waals surface area contributed by atoms with Gasteiger partial charge in [0.05, 0.1) is 10.7 Å². The second kappa shape index (κ2) is 14.5. The van der Waals surface area contributed by atoms with Gasteiger partial charge in [-0.25, -0.2) is 0 Å². The molecule has 3 heterocycles. The zero-order valence-electron chi connectivity index (χ0n) is 40.8. The fraction of sp³-hybridized carbons (Fsp3) is 0.356. The summed E-state index contributed by atoms with van der Waals surface area (Å²) in [5.41, 5.74) is 21.0. The predicted molar refractivity (Wildman–Crippen MR) is 280 cm³/mol. The molecule has 63 heavy (non-hydrogen) atoms. The van der Waals surface area contributed by atoms with Crippen LogP contribution in [0, 0.1) is 6.92 Å². The Labute approximate surface area is 383 Å². The molecule has 0 radical (unpaired) electrons. The molecule has 4 heteroatoms. The molecule has 2 nitrogen and oxygen atoms in total. The van der Waals surface area contributed by atoms with Crippen LogP contribution < -0.4 is 26.2 Å². The fourth-order valence-corrected chi connectivity index (χ4v) is 11.0. The van der Waals surface area contributed by atoms with Gasteiger partial charge in [-0.3, -0.25) is 0 Å². The highest BCUT2D eigenvalue weighted by Gasteiger charge is 2.46. The number of hydrogen-bond acceptors (Lipinski definition) is 3. The topological polar surface area (TPSA) is 6.48 Å². The van der Waals surface area contributed by atoms with Crippen molar-refractivity contribution in [1.29, 1.82) is 0 Å². The molecule has 0 N–H and O–H groups in total. The standard InChI is InChI=1S/C59H67BN2S/c1-36-31-49-53-50(32-36)62(47-28-23-40(57(8,9)10)33-44(47)37-17-19-38(20-18-37)55(2,3)4)54-52(45-34-41(58(11,12)13)25-30-51(45)63-54)60(53)46-35-42(59(14,15)16)24-29-48(46)61(49)43-26-21-39(22-27-43)56(5,6)7/h17-35H,1-16H3. The summed E-state index contributed by atoms with van der Waals surface area (Å²) < 4.78 is 1.33. The molecule has 0 unspecified atom stereocenters. The summed E-state index contributed by atoms with van der Waals surface area (Å²) in [6.07, 6.45) is 0. The normalized spacial score (nSPS) is 14.3. The van der Waals surface area contributed by atoms with Crippen molar-refractivity contribution in [3.05, 3.63) is 149 Å². The Morgan fingerprint density at radius 3 is 1.43 bits per heavy atom. The first-order chi connectivity index (χ1) is 29.3. The van der Waals surface area contributed by atoms with Gasteiger partial charge in [-0.05, 0) is 143 Å². The number of thiophene rings is 1. The van der Waals surface area contributed by atoms with Crippen molar-refractivity contribution in [1.82, 2.24) is 0 Å². The van der Waals surface area contributed by atoms with Crippen molar-refractivity contribution in [2.45, 2.75) is 138 Å². The number of rotatable bonds is 3. The average molecular weight is 847 g/mol. The van der Waals surface area contributed by atoms with Crippen LogP contribution in [0.4, 0.5) is 33.4 Å². The molecule has 7 aromatic rings. The predicted octanol–water partition coefficient (Wildman–Crippen LogP) is 15.4. The van der Waals surface area contributed by atoms with Crippen LogP contribution in [0.1, 0.15) is 137 Å². The summed E-state index contributed by atoms with van der Waals surface area (Å²) in [5, 5.41) is 2.68. The van der Waals surface area contributed by atoms with E-state index in [1.54, 1.807) is 0 Å². The van der Waals surface area contributed by atoms with E-state index in [-0.39, 0.29) is 33.8 Å². The largest absolute Gasteiger partial charge is 0.311 e. The molecule has 0 atom stereocenters.